The molecule has 0 saturated carbocycles. The zero-order chi connectivity index (χ0) is 15.0. The van der Waals surface area contributed by atoms with Crippen LogP contribution < -0.4 is 0 Å². The number of phenols is 1. The average Bonchev–Trinajstić information content (AvgIpc) is 2.87. The van der Waals surface area contributed by atoms with Crippen LogP contribution in [0.5, 0.6) is 5.75 Å². The van der Waals surface area contributed by atoms with E-state index in [-0.39, 0.29) is 0 Å². The molecule has 8 heteroatoms. The lowest BCUT2D eigenvalue weighted by Crippen LogP contribution is -2.33. The molecule has 2 aromatic rings. The summed E-state index contributed by atoms with van der Waals surface area (Å²) in [6, 6.07) is 3.59. The highest BCUT2D eigenvalue weighted by molar-refractivity contribution is 5.38. The van der Waals surface area contributed by atoms with Gasteiger partial charge in [0, 0.05) is 19.6 Å². The highest BCUT2D eigenvalue weighted by atomic mass is 19.4. The second kappa shape index (κ2) is 5.03. The van der Waals surface area contributed by atoms with Gasteiger partial charge in [-0.1, -0.05) is 6.07 Å². The Hall–Kier alpha value is -2.09. The molecule has 0 atom stereocenters. The molecular formula is C13H13F3N4O. The number of phenolic OH excluding ortho intramolecular Hbond substituents is 1. The molecule has 0 fully saturated rings. The van der Waals surface area contributed by atoms with Crippen LogP contribution in [-0.2, 0) is 25.8 Å². The first-order valence-corrected chi connectivity index (χ1v) is 6.41. The van der Waals surface area contributed by atoms with Crippen LogP contribution in [0.25, 0.3) is 0 Å². The van der Waals surface area contributed by atoms with Gasteiger partial charge < -0.3 is 9.67 Å². The fourth-order valence-corrected chi connectivity index (χ4v) is 2.42. The van der Waals surface area contributed by atoms with Crippen molar-refractivity contribution in [1.82, 2.24) is 19.7 Å². The minimum atomic E-state index is -4.55. The highest BCUT2D eigenvalue weighted by Crippen LogP contribution is 2.36. The zero-order valence-corrected chi connectivity index (χ0v) is 11.0. The molecule has 3 rings (SSSR count). The molecular weight excluding hydrogens is 285 g/mol. The number of rotatable bonds is 2. The molecule has 112 valence electrons. The van der Waals surface area contributed by atoms with Crippen LogP contribution in [0.1, 0.15) is 17.0 Å². The molecule has 2 heterocycles. The number of halogens is 3. The Kier molecular flexibility index (Phi) is 3.32. The number of hydrogen-bond donors (Lipinski definition) is 1. The summed E-state index contributed by atoms with van der Waals surface area (Å²) in [7, 11) is 0. The van der Waals surface area contributed by atoms with Crippen LogP contribution in [0.3, 0.4) is 0 Å². The minimum absolute atomic E-state index is 0.371. The van der Waals surface area contributed by atoms with Gasteiger partial charge in [-0.25, -0.2) is 0 Å². The summed E-state index contributed by atoms with van der Waals surface area (Å²) in [5, 5.41) is 17.1. The van der Waals surface area contributed by atoms with Crippen molar-refractivity contribution < 1.29 is 18.3 Å². The summed E-state index contributed by atoms with van der Waals surface area (Å²) in [6.07, 6.45) is -2.91. The van der Waals surface area contributed by atoms with Crippen LogP contribution in [0.15, 0.2) is 24.5 Å². The second-order valence-corrected chi connectivity index (χ2v) is 5.00. The van der Waals surface area contributed by atoms with Crippen molar-refractivity contribution in [3.63, 3.8) is 0 Å². The third-order valence-electron chi connectivity index (χ3n) is 3.49. The molecule has 1 N–H and O–H groups in total. The summed E-state index contributed by atoms with van der Waals surface area (Å²) >= 11 is 0. The van der Waals surface area contributed by atoms with Crippen molar-refractivity contribution in [2.45, 2.75) is 25.8 Å². The third-order valence-corrected chi connectivity index (χ3v) is 3.49. The Bertz CT molecular complexity index is 653. The van der Waals surface area contributed by atoms with E-state index < -0.39 is 17.5 Å². The van der Waals surface area contributed by atoms with Crippen LogP contribution in [-0.4, -0.2) is 31.3 Å². The van der Waals surface area contributed by atoms with E-state index in [2.05, 4.69) is 10.2 Å². The van der Waals surface area contributed by atoms with Crippen molar-refractivity contribution >= 4 is 0 Å². The van der Waals surface area contributed by atoms with E-state index in [0.717, 1.165) is 18.0 Å². The Morgan fingerprint density at radius 3 is 2.81 bits per heavy atom. The van der Waals surface area contributed by atoms with Crippen molar-refractivity contribution in [1.29, 1.82) is 0 Å². The number of hydrogen-bond acceptors (Lipinski definition) is 4. The number of aromatic nitrogens is 3. The molecule has 0 amide bonds. The van der Waals surface area contributed by atoms with Gasteiger partial charge in [-0.05, 0) is 17.7 Å². The Balaban J connectivity index is 1.77. The maximum atomic E-state index is 12.8. The molecule has 1 aromatic heterocycles. The lowest BCUT2D eigenvalue weighted by molar-refractivity contribution is -0.138. The molecule has 0 spiro atoms. The highest BCUT2D eigenvalue weighted by Gasteiger charge is 2.34. The lowest BCUT2D eigenvalue weighted by atomic mass is 10.1. The van der Waals surface area contributed by atoms with Gasteiger partial charge in [0.2, 0.25) is 0 Å². The molecule has 0 bridgehead atoms. The molecule has 1 aliphatic rings. The van der Waals surface area contributed by atoms with Crippen molar-refractivity contribution in [2.24, 2.45) is 0 Å². The minimum Gasteiger partial charge on any atom is -0.507 e. The molecule has 1 aromatic carbocycles. The summed E-state index contributed by atoms with van der Waals surface area (Å²) in [5.41, 5.74) is -0.492. The number of fused-ring (bicyclic) bond motifs is 1. The molecule has 1 aliphatic heterocycles. The predicted molar refractivity (Wildman–Crippen MR) is 67.2 cm³/mol. The Morgan fingerprint density at radius 2 is 2.05 bits per heavy atom. The van der Waals surface area contributed by atoms with Gasteiger partial charge in [0.05, 0.1) is 12.1 Å². The average molecular weight is 298 g/mol. The first-order chi connectivity index (χ1) is 9.93. The van der Waals surface area contributed by atoms with Gasteiger partial charge in [0.15, 0.2) is 0 Å². The van der Waals surface area contributed by atoms with Crippen molar-refractivity contribution in [2.75, 3.05) is 6.54 Å². The molecule has 0 unspecified atom stereocenters. The number of benzene rings is 1. The predicted octanol–water partition coefficient (Wildman–Crippen LogP) is 2.02. The smallest absolute Gasteiger partial charge is 0.419 e. The van der Waals surface area contributed by atoms with E-state index in [0.29, 0.717) is 31.7 Å². The van der Waals surface area contributed by atoms with Gasteiger partial charge in [-0.15, -0.1) is 10.2 Å². The Labute approximate surface area is 118 Å². The zero-order valence-electron chi connectivity index (χ0n) is 11.0. The molecule has 5 nitrogen and oxygen atoms in total. The van der Waals surface area contributed by atoms with E-state index in [4.69, 9.17) is 0 Å². The maximum absolute atomic E-state index is 12.8. The maximum Gasteiger partial charge on any atom is 0.419 e. The molecule has 0 saturated heterocycles. The fraction of sp³-hybridized carbons (Fsp3) is 0.385. The number of aromatic hydroxyl groups is 1. The van der Waals surface area contributed by atoms with Crippen molar-refractivity contribution in [3.05, 3.63) is 41.5 Å². The van der Waals surface area contributed by atoms with Crippen LogP contribution in [0, 0.1) is 0 Å². The van der Waals surface area contributed by atoms with Crippen LogP contribution >= 0.6 is 0 Å². The largest absolute Gasteiger partial charge is 0.507 e. The first-order valence-electron chi connectivity index (χ1n) is 6.41. The fourth-order valence-electron chi connectivity index (χ4n) is 2.42. The molecule has 21 heavy (non-hydrogen) atoms. The lowest BCUT2D eigenvalue weighted by Gasteiger charge is -2.27. The molecule has 0 aliphatic carbocycles. The van der Waals surface area contributed by atoms with Crippen LogP contribution in [0.4, 0.5) is 13.2 Å². The van der Waals surface area contributed by atoms with Gasteiger partial charge in [0.1, 0.15) is 17.9 Å². The van der Waals surface area contributed by atoms with Gasteiger partial charge in [0.25, 0.3) is 0 Å². The summed E-state index contributed by atoms with van der Waals surface area (Å²) in [6.45, 7) is 2.35. The van der Waals surface area contributed by atoms with E-state index in [1.54, 1.807) is 6.33 Å². The number of alkyl halides is 3. The second-order valence-electron chi connectivity index (χ2n) is 5.00. The van der Waals surface area contributed by atoms with Gasteiger partial charge >= 0.3 is 6.18 Å². The van der Waals surface area contributed by atoms with E-state index in [1.807, 2.05) is 9.47 Å². The topological polar surface area (TPSA) is 54.2 Å². The normalized spacial score (nSPS) is 16.0. The standard InChI is InChI=1S/C13H13F3N4O/c14-13(15,16)10-5-9(1-2-11(10)21)6-19-3-4-20-8-17-18-12(20)7-19/h1-2,5,8,21H,3-4,6-7H2. The molecule has 0 radical (unpaired) electrons. The third kappa shape index (κ3) is 2.85. The quantitative estimate of drug-likeness (QED) is 0.921. The Morgan fingerprint density at radius 1 is 1.24 bits per heavy atom. The number of nitrogens with zero attached hydrogens (tertiary/aromatic N) is 4. The van der Waals surface area contributed by atoms with Gasteiger partial charge in [-0.2, -0.15) is 13.2 Å². The van der Waals surface area contributed by atoms with E-state index in [1.165, 1.54) is 6.07 Å². The van der Waals surface area contributed by atoms with Crippen molar-refractivity contribution in [3.8, 4) is 5.75 Å². The van der Waals surface area contributed by atoms with E-state index in [9.17, 15) is 18.3 Å². The monoisotopic (exact) mass is 298 g/mol. The SMILES string of the molecule is Oc1ccc(CN2CCn3cnnc3C2)cc1C(F)(F)F. The van der Waals surface area contributed by atoms with Crippen LogP contribution in [0.2, 0.25) is 0 Å². The summed E-state index contributed by atoms with van der Waals surface area (Å²) in [4.78, 5) is 2.00. The summed E-state index contributed by atoms with van der Waals surface area (Å²) in [5.74, 6) is 0.0562. The van der Waals surface area contributed by atoms with E-state index >= 15 is 0 Å². The summed E-state index contributed by atoms with van der Waals surface area (Å²) < 4.78 is 40.2. The first kappa shape index (κ1) is 13.9. The van der Waals surface area contributed by atoms with Gasteiger partial charge in [-0.3, -0.25) is 4.90 Å².